The molecular weight excluding hydrogens is 298 g/mol. The van der Waals surface area contributed by atoms with Crippen LogP contribution in [0.5, 0.6) is 0 Å². The quantitative estimate of drug-likeness (QED) is 0.805. The normalized spacial score (nSPS) is 12.3. The van der Waals surface area contributed by atoms with Crippen LogP contribution in [0.3, 0.4) is 0 Å². The van der Waals surface area contributed by atoms with Crippen molar-refractivity contribution < 1.29 is 24.2 Å². The number of carboxylic acid groups (broad SMARTS) is 1. The molecule has 1 atom stereocenters. The van der Waals surface area contributed by atoms with Crippen LogP contribution in [-0.2, 0) is 20.9 Å². The van der Waals surface area contributed by atoms with Crippen molar-refractivity contribution >= 4 is 17.8 Å². The highest BCUT2D eigenvalue weighted by Crippen LogP contribution is 2.19. The summed E-state index contributed by atoms with van der Waals surface area (Å²) in [6.45, 7) is 5.25. The van der Waals surface area contributed by atoms with E-state index < -0.39 is 23.5 Å². The molecule has 0 unspecified atom stereocenters. The lowest BCUT2D eigenvalue weighted by molar-refractivity contribution is -0.137. The monoisotopic (exact) mass is 321 g/mol. The molecule has 6 nitrogen and oxygen atoms in total. The Bertz CT molecular complexity index is 548. The topological polar surface area (TPSA) is 92.7 Å². The van der Waals surface area contributed by atoms with E-state index in [9.17, 15) is 14.4 Å². The molecule has 1 amide bonds. The highest BCUT2D eigenvalue weighted by Gasteiger charge is 2.31. The van der Waals surface area contributed by atoms with Crippen molar-refractivity contribution in [2.45, 2.75) is 46.3 Å². The summed E-state index contributed by atoms with van der Waals surface area (Å²) >= 11 is 0. The lowest BCUT2D eigenvalue weighted by Crippen LogP contribution is -2.46. The van der Waals surface area contributed by atoms with Crippen LogP contribution in [0, 0.1) is 5.41 Å². The Kier molecular flexibility index (Phi) is 6.75. The highest BCUT2D eigenvalue weighted by molar-refractivity contribution is 5.91. The number of Topliss-reactive ketones (excluding diaryl/α,β-unsaturated/α-hetero) is 1. The summed E-state index contributed by atoms with van der Waals surface area (Å²) in [5.41, 5.74) is 0.141. The van der Waals surface area contributed by atoms with E-state index in [4.69, 9.17) is 9.84 Å². The van der Waals surface area contributed by atoms with Crippen LogP contribution in [0.15, 0.2) is 30.3 Å². The number of rotatable bonds is 7. The Labute approximate surface area is 135 Å². The third kappa shape index (κ3) is 6.95. The zero-order valence-electron chi connectivity index (χ0n) is 13.7. The Morgan fingerprint density at radius 2 is 1.78 bits per heavy atom. The van der Waals surface area contributed by atoms with E-state index in [0.29, 0.717) is 0 Å². The predicted molar refractivity (Wildman–Crippen MR) is 84.9 cm³/mol. The minimum atomic E-state index is -1.02. The first kappa shape index (κ1) is 18.7. The summed E-state index contributed by atoms with van der Waals surface area (Å²) in [7, 11) is 0. The number of carbonyl (C=O) groups excluding carboxylic acids is 2. The van der Waals surface area contributed by atoms with Crippen LogP contribution in [0.4, 0.5) is 4.79 Å². The van der Waals surface area contributed by atoms with E-state index in [2.05, 4.69) is 5.32 Å². The third-order valence-corrected chi connectivity index (χ3v) is 3.21. The Hall–Kier alpha value is -2.37. The number of alkyl carbamates (subject to hydrolysis) is 1. The van der Waals surface area contributed by atoms with Crippen molar-refractivity contribution in [2.75, 3.05) is 0 Å². The number of amides is 1. The number of ether oxygens (including phenoxy) is 1. The van der Waals surface area contributed by atoms with E-state index in [1.54, 1.807) is 20.8 Å². The van der Waals surface area contributed by atoms with Gasteiger partial charge in [0.25, 0.3) is 0 Å². The first-order valence-corrected chi connectivity index (χ1v) is 7.43. The fourth-order valence-electron chi connectivity index (χ4n) is 1.97. The Balaban J connectivity index is 2.62. The average molecular weight is 321 g/mol. The summed E-state index contributed by atoms with van der Waals surface area (Å²) in [5.74, 6) is -1.24. The van der Waals surface area contributed by atoms with Crippen molar-refractivity contribution in [3.63, 3.8) is 0 Å². The number of ketones is 1. The van der Waals surface area contributed by atoms with E-state index in [0.717, 1.165) is 5.56 Å². The molecule has 0 heterocycles. The van der Waals surface area contributed by atoms with Gasteiger partial charge in [0.1, 0.15) is 6.61 Å². The first-order chi connectivity index (χ1) is 10.7. The minimum Gasteiger partial charge on any atom is -0.481 e. The highest BCUT2D eigenvalue weighted by atomic mass is 16.5. The average Bonchev–Trinajstić information content (AvgIpc) is 2.48. The SMILES string of the molecule is CC(C)(C)C(=O)[C@H](CCC(=O)O)NC(=O)OCc1ccccc1. The van der Waals surface area contributed by atoms with Gasteiger partial charge in [-0.2, -0.15) is 0 Å². The second-order valence-corrected chi connectivity index (χ2v) is 6.31. The van der Waals surface area contributed by atoms with Gasteiger partial charge in [0.05, 0.1) is 6.04 Å². The number of hydrogen-bond donors (Lipinski definition) is 2. The largest absolute Gasteiger partial charge is 0.481 e. The van der Waals surface area contributed by atoms with Gasteiger partial charge < -0.3 is 15.2 Å². The molecule has 0 radical (unpaired) electrons. The van der Waals surface area contributed by atoms with Crippen LogP contribution < -0.4 is 5.32 Å². The predicted octanol–water partition coefficient (Wildman–Crippen LogP) is 2.76. The molecule has 0 saturated heterocycles. The zero-order chi connectivity index (χ0) is 17.5. The Morgan fingerprint density at radius 1 is 1.17 bits per heavy atom. The van der Waals surface area contributed by atoms with Crippen molar-refractivity contribution in [2.24, 2.45) is 5.41 Å². The lowest BCUT2D eigenvalue weighted by Gasteiger charge is -2.24. The van der Waals surface area contributed by atoms with Crippen molar-refractivity contribution in [1.29, 1.82) is 0 Å². The number of nitrogens with one attached hydrogen (secondary N) is 1. The van der Waals surface area contributed by atoms with Crippen molar-refractivity contribution in [1.82, 2.24) is 5.32 Å². The number of carboxylic acids is 1. The molecule has 1 rings (SSSR count). The number of benzene rings is 1. The van der Waals surface area contributed by atoms with Crippen LogP contribution >= 0.6 is 0 Å². The van der Waals surface area contributed by atoms with E-state index in [-0.39, 0.29) is 25.2 Å². The second kappa shape index (κ2) is 8.31. The smallest absolute Gasteiger partial charge is 0.408 e. The van der Waals surface area contributed by atoms with Gasteiger partial charge in [0.2, 0.25) is 0 Å². The standard InChI is InChI=1S/C17H23NO5/c1-17(2,3)15(21)13(9-10-14(19)20)18-16(22)23-11-12-7-5-4-6-8-12/h4-8,13H,9-11H2,1-3H3,(H,18,22)(H,19,20)/t13-/m0/s1. The molecule has 6 heteroatoms. The lowest BCUT2D eigenvalue weighted by atomic mass is 9.85. The van der Waals surface area contributed by atoms with Gasteiger partial charge in [-0.1, -0.05) is 51.1 Å². The molecule has 2 N–H and O–H groups in total. The molecule has 1 aromatic rings. The summed E-state index contributed by atoms with van der Waals surface area (Å²) in [5, 5.41) is 11.3. The fourth-order valence-corrected chi connectivity index (χ4v) is 1.97. The molecule has 0 spiro atoms. The van der Waals surface area contributed by atoms with Crippen LogP contribution in [0.1, 0.15) is 39.2 Å². The van der Waals surface area contributed by atoms with Gasteiger partial charge >= 0.3 is 12.1 Å². The number of hydrogen-bond acceptors (Lipinski definition) is 4. The van der Waals surface area contributed by atoms with Gasteiger partial charge in [-0.15, -0.1) is 0 Å². The van der Waals surface area contributed by atoms with Gasteiger partial charge in [-0.3, -0.25) is 9.59 Å². The van der Waals surface area contributed by atoms with Crippen molar-refractivity contribution in [3.8, 4) is 0 Å². The van der Waals surface area contributed by atoms with Crippen LogP contribution in [-0.4, -0.2) is 29.0 Å². The summed E-state index contributed by atoms with van der Waals surface area (Å²) < 4.78 is 5.08. The molecule has 126 valence electrons. The maximum absolute atomic E-state index is 12.3. The zero-order valence-corrected chi connectivity index (χ0v) is 13.7. The molecule has 0 aliphatic rings. The number of carbonyl (C=O) groups is 3. The second-order valence-electron chi connectivity index (χ2n) is 6.31. The van der Waals surface area contributed by atoms with Gasteiger partial charge in [-0.05, 0) is 12.0 Å². The maximum Gasteiger partial charge on any atom is 0.408 e. The summed E-state index contributed by atoms with van der Waals surface area (Å²) in [4.78, 5) is 34.9. The first-order valence-electron chi connectivity index (χ1n) is 7.43. The maximum atomic E-state index is 12.3. The molecule has 0 aromatic heterocycles. The molecule has 0 aliphatic carbocycles. The molecule has 1 aromatic carbocycles. The van der Waals surface area contributed by atoms with E-state index in [1.807, 2.05) is 30.3 Å². The molecule has 23 heavy (non-hydrogen) atoms. The molecule has 0 bridgehead atoms. The molecule has 0 fully saturated rings. The molecular formula is C17H23NO5. The minimum absolute atomic E-state index is 0.0336. The van der Waals surface area contributed by atoms with Crippen LogP contribution in [0.2, 0.25) is 0 Å². The fraction of sp³-hybridized carbons (Fsp3) is 0.471. The summed E-state index contributed by atoms with van der Waals surface area (Å²) in [6.07, 6.45) is -0.904. The van der Waals surface area contributed by atoms with E-state index >= 15 is 0 Å². The molecule has 0 aliphatic heterocycles. The van der Waals surface area contributed by atoms with Gasteiger partial charge in [-0.25, -0.2) is 4.79 Å². The van der Waals surface area contributed by atoms with E-state index in [1.165, 1.54) is 0 Å². The number of aliphatic carboxylic acids is 1. The Morgan fingerprint density at radius 3 is 2.30 bits per heavy atom. The summed E-state index contributed by atoms with van der Waals surface area (Å²) in [6, 6.07) is 8.26. The van der Waals surface area contributed by atoms with Gasteiger partial charge in [0.15, 0.2) is 5.78 Å². The van der Waals surface area contributed by atoms with Crippen molar-refractivity contribution in [3.05, 3.63) is 35.9 Å². The molecule has 0 saturated carbocycles. The van der Waals surface area contributed by atoms with Crippen LogP contribution in [0.25, 0.3) is 0 Å². The van der Waals surface area contributed by atoms with Gasteiger partial charge in [0, 0.05) is 11.8 Å². The third-order valence-electron chi connectivity index (χ3n) is 3.21.